The highest BCUT2D eigenvalue weighted by Gasteiger charge is 2.19. The lowest BCUT2D eigenvalue weighted by Gasteiger charge is -2.24. The minimum absolute atomic E-state index is 0.224. The van der Waals surface area contributed by atoms with Gasteiger partial charge in [0.05, 0.1) is 5.56 Å². The van der Waals surface area contributed by atoms with Crippen LogP contribution in [0.1, 0.15) is 51.0 Å². The Balaban J connectivity index is 1.87. The Bertz CT molecular complexity index is 723. The Kier molecular flexibility index (Phi) is 6.06. The molecule has 2 heterocycles. The highest BCUT2D eigenvalue weighted by atomic mass is 19.1. The second kappa shape index (κ2) is 8.47. The molecule has 3 rings (SSSR count). The van der Waals surface area contributed by atoms with E-state index in [1.54, 1.807) is 10.9 Å². The minimum Gasteiger partial charge on any atom is -0.367 e. The predicted molar refractivity (Wildman–Crippen MR) is 103 cm³/mol. The van der Waals surface area contributed by atoms with Gasteiger partial charge in [-0.2, -0.15) is 10.1 Å². The van der Waals surface area contributed by atoms with Gasteiger partial charge in [-0.05, 0) is 31.7 Å². The molecule has 2 N–H and O–H groups in total. The molecule has 0 saturated heterocycles. The number of hydrogen-bond acceptors (Lipinski definition) is 5. The molecule has 1 unspecified atom stereocenters. The molecule has 1 atom stereocenters. The van der Waals surface area contributed by atoms with Crippen LogP contribution in [-0.4, -0.2) is 38.5 Å². The highest BCUT2D eigenvalue weighted by molar-refractivity contribution is 5.74. The van der Waals surface area contributed by atoms with Crippen LogP contribution in [0.5, 0.6) is 0 Å². The number of nitrogens with zero attached hydrogens (tertiary/aromatic N) is 4. The molecule has 142 valence electrons. The van der Waals surface area contributed by atoms with Gasteiger partial charge in [-0.3, -0.25) is 4.68 Å². The third-order valence-electron chi connectivity index (χ3n) is 4.93. The molecule has 7 heteroatoms. The van der Waals surface area contributed by atoms with Crippen LogP contribution in [0.15, 0.2) is 12.4 Å². The zero-order valence-electron chi connectivity index (χ0n) is 15.9. The highest BCUT2D eigenvalue weighted by Crippen LogP contribution is 2.30. The Morgan fingerprint density at radius 3 is 2.73 bits per heavy atom. The number of anilines is 2. The van der Waals surface area contributed by atoms with E-state index in [0.717, 1.165) is 35.5 Å². The van der Waals surface area contributed by atoms with Crippen LogP contribution >= 0.6 is 0 Å². The molecule has 0 aliphatic heterocycles. The fraction of sp³-hybridized carbons (Fsp3) is 0.632. The number of aryl methyl sites for hydroxylation is 2. The number of alkyl halides is 1. The topological polar surface area (TPSA) is 67.7 Å². The lowest BCUT2D eigenvalue weighted by atomic mass is 9.95. The summed E-state index contributed by atoms with van der Waals surface area (Å²) in [6.07, 6.45) is 9.44. The fourth-order valence-corrected chi connectivity index (χ4v) is 3.41. The fourth-order valence-electron chi connectivity index (χ4n) is 3.41. The monoisotopic (exact) mass is 360 g/mol. The third-order valence-corrected chi connectivity index (χ3v) is 4.93. The molecule has 26 heavy (non-hydrogen) atoms. The van der Waals surface area contributed by atoms with Gasteiger partial charge in [-0.15, -0.1) is 0 Å². The van der Waals surface area contributed by atoms with Crippen molar-refractivity contribution in [3.63, 3.8) is 0 Å². The van der Waals surface area contributed by atoms with Gasteiger partial charge in [-0.25, -0.2) is 9.37 Å². The molecule has 0 bridgehead atoms. The molecular weight excluding hydrogens is 331 g/mol. The van der Waals surface area contributed by atoms with Crippen LogP contribution in [0, 0.1) is 6.92 Å². The minimum atomic E-state index is -0.897. The molecule has 0 amide bonds. The first-order valence-corrected chi connectivity index (χ1v) is 9.59. The van der Waals surface area contributed by atoms with Gasteiger partial charge in [0.25, 0.3) is 0 Å². The first-order valence-electron chi connectivity index (χ1n) is 9.59. The van der Waals surface area contributed by atoms with E-state index in [1.165, 1.54) is 19.3 Å². The summed E-state index contributed by atoms with van der Waals surface area (Å²) >= 11 is 0. The maximum absolute atomic E-state index is 13.5. The van der Waals surface area contributed by atoms with Crippen LogP contribution in [-0.2, 0) is 7.05 Å². The summed E-state index contributed by atoms with van der Waals surface area (Å²) in [5, 5.41) is 11.2. The summed E-state index contributed by atoms with van der Waals surface area (Å²) in [6.45, 7) is 4.09. The number of halogens is 1. The van der Waals surface area contributed by atoms with E-state index in [4.69, 9.17) is 0 Å². The predicted octanol–water partition coefficient (Wildman–Crippen LogP) is 4.09. The van der Waals surface area contributed by atoms with E-state index in [-0.39, 0.29) is 6.54 Å². The molecule has 0 spiro atoms. The number of aromatic nitrogens is 4. The molecule has 1 fully saturated rings. The standard InChI is InChI=1S/C19H29FN6/c1-4-14(20)10-21-19-22-11-16(17-13(2)12-26(3)25-17)18(24-19)23-15-8-6-5-7-9-15/h11-12,14-15H,4-10H2,1-3H3,(H2,21,22,23,24). The normalized spacial score (nSPS) is 16.5. The Morgan fingerprint density at radius 1 is 1.31 bits per heavy atom. The van der Waals surface area contributed by atoms with E-state index in [0.29, 0.717) is 18.4 Å². The van der Waals surface area contributed by atoms with Gasteiger partial charge in [0.2, 0.25) is 5.95 Å². The first-order chi connectivity index (χ1) is 12.6. The summed E-state index contributed by atoms with van der Waals surface area (Å²) < 4.78 is 15.3. The zero-order chi connectivity index (χ0) is 18.5. The van der Waals surface area contributed by atoms with E-state index >= 15 is 0 Å². The van der Waals surface area contributed by atoms with E-state index < -0.39 is 6.17 Å². The number of hydrogen-bond donors (Lipinski definition) is 2. The Morgan fingerprint density at radius 2 is 2.08 bits per heavy atom. The number of nitrogens with one attached hydrogen (secondary N) is 2. The second-order valence-corrected chi connectivity index (χ2v) is 7.16. The molecular formula is C19H29FN6. The maximum atomic E-state index is 13.5. The van der Waals surface area contributed by atoms with Crippen molar-refractivity contribution in [3.8, 4) is 11.3 Å². The lowest BCUT2D eigenvalue weighted by molar-refractivity contribution is 0.340. The zero-order valence-corrected chi connectivity index (χ0v) is 15.9. The lowest BCUT2D eigenvalue weighted by Crippen LogP contribution is -2.24. The summed E-state index contributed by atoms with van der Waals surface area (Å²) in [5.74, 6) is 1.24. The quantitative estimate of drug-likeness (QED) is 0.778. The van der Waals surface area contributed by atoms with Gasteiger partial charge < -0.3 is 10.6 Å². The SMILES string of the molecule is CCC(F)CNc1ncc(-c2nn(C)cc2C)c(NC2CCCCC2)n1. The third kappa shape index (κ3) is 4.51. The maximum Gasteiger partial charge on any atom is 0.224 e. The molecule has 1 saturated carbocycles. The van der Waals surface area contributed by atoms with Gasteiger partial charge in [0.15, 0.2) is 0 Å². The van der Waals surface area contributed by atoms with Crippen molar-refractivity contribution in [1.82, 2.24) is 19.7 Å². The van der Waals surface area contributed by atoms with Gasteiger partial charge in [0, 0.05) is 32.0 Å². The van der Waals surface area contributed by atoms with E-state index in [9.17, 15) is 4.39 Å². The van der Waals surface area contributed by atoms with Crippen LogP contribution in [0.2, 0.25) is 0 Å². The summed E-state index contributed by atoms with van der Waals surface area (Å²) in [5.41, 5.74) is 2.86. The van der Waals surface area contributed by atoms with Crippen molar-refractivity contribution in [1.29, 1.82) is 0 Å². The average Bonchev–Trinajstić information content (AvgIpc) is 2.98. The summed E-state index contributed by atoms with van der Waals surface area (Å²) in [7, 11) is 1.91. The summed E-state index contributed by atoms with van der Waals surface area (Å²) in [4.78, 5) is 9.04. The molecule has 1 aliphatic rings. The first kappa shape index (κ1) is 18.6. The van der Waals surface area contributed by atoms with Crippen molar-refractivity contribution < 1.29 is 4.39 Å². The van der Waals surface area contributed by atoms with Crippen molar-refractivity contribution in [2.75, 3.05) is 17.2 Å². The largest absolute Gasteiger partial charge is 0.367 e. The Hall–Kier alpha value is -2.18. The van der Waals surface area contributed by atoms with E-state index in [2.05, 4.69) is 25.7 Å². The molecule has 6 nitrogen and oxygen atoms in total. The van der Waals surface area contributed by atoms with Gasteiger partial charge >= 0.3 is 0 Å². The Labute approximate surface area is 154 Å². The van der Waals surface area contributed by atoms with Crippen LogP contribution in [0.3, 0.4) is 0 Å². The second-order valence-electron chi connectivity index (χ2n) is 7.16. The molecule has 0 radical (unpaired) electrons. The van der Waals surface area contributed by atoms with Crippen LogP contribution in [0.4, 0.5) is 16.2 Å². The molecule has 1 aliphatic carbocycles. The van der Waals surface area contributed by atoms with Crippen LogP contribution < -0.4 is 10.6 Å². The van der Waals surface area contributed by atoms with Gasteiger partial charge in [-0.1, -0.05) is 26.2 Å². The molecule has 2 aromatic heterocycles. The average molecular weight is 360 g/mol. The van der Waals surface area contributed by atoms with Crippen molar-refractivity contribution in [2.45, 2.75) is 64.6 Å². The van der Waals surface area contributed by atoms with Crippen molar-refractivity contribution in [2.24, 2.45) is 7.05 Å². The molecule has 0 aromatic carbocycles. The summed E-state index contributed by atoms with van der Waals surface area (Å²) in [6, 6.07) is 0.416. The number of rotatable bonds is 7. The van der Waals surface area contributed by atoms with Crippen molar-refractivity contribution >= 4 is 11.8 Å². The molecule has 2 aromatic rings. The van der Waals surface area contributed by atoms with E-state index in [1.807, 2.05) is 27.1 Å². The van der Waals surface area contributed by atoms with Crippen LogP contribution in [0.25, 0.3) is 11.3 Å². The van der Waals surface area contributed by atoms with Crippen molar-refractivity contribution in [3.05, 3.63) is 18.0 Å². The smallest absolute Gasteiger partial charge is 0.224 e. The van der Waals surface area contributed by atoms with Gasteiger partial charge in [0.1, 0.15) is 17.7 Å².